The van der Waals surface area contributed by atoms with Crippen LogP contribution in [0.5, 0.6) is 0 Å². The molecule has 6 rings (SSSR count). The number of anilines is 1. The van der Waals surface area contributed by atoms with E-state index in [4.69, 9.17) is 9.97 Å². The summed E-state index contributed by atoms with van der Waals surface area (Å²) in [6.07, 6.45) is 11.9. The van der Waals surface area contributed by atoms with E-state index in [2.05, 4.69) is 39.1 Å². The van der Waals surface area contributed by atoms with Crippen LogP contribution in [0.15, 0.2) is 55.2 Å². The highest BCUT2D eigenvalue weighted by Gasteiger charge is 2.39. The zero-order valence-corrected chi connectivity index (χ0v) is 16.8. The highest BCUT2D eigenvalue weighted by Crippen LogP contribution is 2.43. The number of benzene rings is 1. The third-order valence-electron chi connectivity index (χ3n) is 6.19. The Morgan fingerprint density at radius 2 is 1.93 bits per heavy atom. The maximum Gasteiger partial charge on any atom is 0.237 e. The SMILES string of the molecule is CC[C@@H]1c2nncn2-c2cnc(-n3ccnc3-c3ccccc3)nc2N1C1CCC1. The zero-order chi connectivity index (χ0) is 20.1. The number of fused-ring (bicyclic) bond motifs is 3. The Bertz CT molecular complexity index is 1190. The lowest BCUT2D eigenvalue weighted by Gasteiger charge is -2.45. The molecule has 0 radical (unpaired) electrons. The molecule has 1 saturated carbocycles. The molecule has 0 N–H and O–H groups in total. The Hall–Kier alpha value is -3.55. The minimum absolute atomic E-state index is 0.171. The Morgan fingerprint density at radius 1 is 1.07 bits per heavy atom. The lowest BCUT2D eigenvalue weighted by molar-refractivity contribution is 0.341. The number of rotatable bonds is 4. The van der Waals surface area contributed by atoms with Crippen LogP contribution in [0.25, 0.3) is 23.0 Å². The third kappa shape index (κ3) is 2.49. The molecule has 1 aliphatic heterocycles. The van der Waals surface area contributed by atoms with Crippen molar-refractivity contribution in [3.8, 4) is 23.0 Å². The van der Waals surface area contributed by atoms with Crippen LogP contribution in [0.3, 0.4) is 0 Å². The number of imidazole rings is 1. The highest BCUT2D eigenvalue weighted by molar-refractivity contribution is 5.64. The Morgan fingerprint density at radius 3 is 2.70 bits per heavy atom. The molecule has 0 bridgehead atoms. The fourth-order valence-corrected chi connectivity index (χ4v) is 4.50. The monoisotopic (exact) mass is 398 g/mol. The second-order valence-corrected chi connectivity index (χ2v) is 7.84. The van der Waals surface area contributed by atoms with Crippen molar-refractivity contribution in [3.05, 3.63) is 61.1 Å². The summed E-state index contributed by atoms with van der Waals surface area (Å²) in [5.74, 6) is 3.39. The second-order valence-electron chi connectivity index (χ2n) is 7.84. The van der Waals surface area contributed by atoms with Gasteiger partial charge < -0.3 is 4.90 Å². The van der Waals surface area contributed by atoms with Gasteiger partial charge >= 0.3 is 0 Å². The van der Waals surface area contributed by atoms with Crippen molar-refractivity contribution < 1.29 is 0 Å². The van der Waals surface area contributed by atoms with Crippen molar-refractivity contribution in [2.45, 2.75) is 44.7 Å². The van der Waals surface area contributed by atoms with Crippen LogP contribution < -0.4 is 4.90 Å². The predicted molar refractivity (Wildman–Crippen MR) is 113 cm³/mol. The van der Waals surface area contributed by atoms with E-state index in [1.807, 2.05) is 39.7 Å². The first kappa shape index (κ1) is 17.3. The normalized spacial score (nSPS) is 18.0. The van der Waals surface area contributed by atoms with Gasteiger partial charge in [0.05, 0.1) is 12.2 Å². The van der Waals surface area contributed by atoms with Crippen molar-refractivity contribution in [2.75, 3.05) is 4.90 Å². The van der Waals surface area contributed by atoms with Gasteiger partial charge in [-0.25, -0.2) is 9.97 Å². The molecule has 1 fully saturated rings. The first-order valence-corrected chi connectivity index (χ1v) is 10.5. The van der Waals surface area contributed by atoms with Crippen molar-refractivity contribution in [1.29, 1.82) is 0 Å². The molecule has 4 aromatic rings. The van der Waals surface area contributed by atoms with Gasteiger partial charge in [-0.15, -0.1) is 10.2 Å². The molecule has 150 valence electrons. The Balaban J connectivity index is 1.51. The summed E-state index contributed by atoms with van der Waals surface area (Å²) < 4.78 is 3.99. The topological polar surface area (TPSA) is 77.5 Å². The number of nitrogens with zero attached hydrogens (tertiary/aromatic N) is 8. The van der Waals surface area contributed by atoms with Gasteiger partial charge in [0.15, 0.2) is 11.6 Å². The molecule has 0 amide bonds. The van der Waals surface area contributed by atoms with Gasteiger partial charge in [0.1, 0.15) is 17.8 Å². The van der Waals surface area contributed by atoms with Crippen molar-refractivity contribution >= 4 is 5.82 Å². The third-order valence-corrected chi connectivity index (χ3v) is 6.19. The molecule has 1 atom stereocenters. The molecule has 2 aliphatic rings. The second kappa shape index (κ2) is 6.76. The van der Waals surface area contributed by atoms with Crippen molar-refractivity contribution in [2.24, 2.45) is 0 Å². The van der Waals surface area contributed by atoms with E-state index in [1.165, 1.54) is 19.3 Å². The van der Waals surface area contributed by atoms with Crippen LogP contribution in [0.2, 0.25) is 0 Å². The first-order chi connectivity index (χ1) is 14.8. The van der Waals surface area contributed by atoms with E-state index in [0.717, 1.165) is 35.1 Å². The molecule has 0 saturated heterocycles. The average molecular weight is 398 g/mol. The minimum atomic E-state index is 0.171. The Kier molecular flexibility index (Phi) is 3.90. The summed E-state index contributed by atoms with van der Waals surface area (Å²) >= 11 is 0. The van der Waals surface area contributed by atoms with Gasteiger partial charge in [0.2, 0.25) is 5.95 Å². The molecular weight excluding hydrogens is 376 g/mol. The number of hydrogen-bond donors (Lipinski definition) is 0. The molecule has 1 aliphatic carbocycles. The molecule has 1 aromatic carbocycles. The fourth-order valence-electron chi connectivity index (χ4n) is 4.50. The maximum atomic E-state index is 5.06. The van der Waals surface area contributed by atoms with E-state index in [0.29, 0.717) is 12.0 Å². The minimum Gasteiger partial charge on any atom is -0.341 e. The predicted octanol–water partition coefficient (Wildman–Crippen LogP) is 3.73. The van der Waals surface area contributed by atoms with Crippen LogP contribution in [0.4, 0.5) is 5.82 Å². The first-order valence-electron chi connectivity index (χ1n) is 10.5. The zero-order valence-electron chi connectivity index (χ0n) is 16.8. The molecule has 0 unspecified atom stereocenters. The van der Waals surface area contributed by atoms with Gasteiger partial charge in [0, 0.05) is 24.0 Å². The van der Waals surface area contributed by atoms with Crippen LogP contribution in [0, 0.1) is 0 Å². The number of hydrogen-bond acceptors (Lipinski definition) is 6. The summed E-state index contributed by atoms with van der Waals surface area (Å²) in [6.45, 7) is 2.20. The molecule has 3 aromatic heterocycles. The Labute approximate surface area is 174 Å². The molecule has 30 heavy (non-hydrogen) atoms. The van der Waals surface area contributed by atoms with E-state index >= 15 is 0 Å². The molecule has 4 heterocycles. The van der Waals surface area contributed by atoms with E-state index in [1.54, 1.807) is 12.5 Å². The van der Waals surface area contributed by atoms with Gasteiger partial charge in [-0.1, -0.05) is 37.3 Å². The van der Waals surface area contributed by atoms with Crippen LogP contribution in [-0.4, -0.2) is 40.3 Å². The standard InChI is InChI=1S/C22H22N8/c1-2-17-21-27-25-14-29(21)18-13-24-22(26-20(18)30(17)16-9-6-10-16)28-12-11-23-19(28)15-7-4-3-5-8-15/h3-5,7-8,11-14,16-17H,2,6,9-10H2,1H3/t17-/m1/s1. The summed E-state index contributed by atoms with van der Waals surface area (Å²) in [5.41, 5.74) is 1.98. The highest BCUT2D eigenvalue weighted by atomic mass is 15.4. The molecule has 8 heteroatoms. The van der Waals surface area contributed by atoms with Crippen LogP contribution in [-0.2, 0) is 0 Å². The smallest absolute Gasteiger partial charge is 0.237 e. The summed E-state index contributed by atoms with van der Waals surface area (Å²) in [6, 6.07) is 10.8. The fraction of sp³-hybridized carbons (Fsp3) is 0.318. The van der Waals surface area contributed by atoms with Gasteiger partial charge in [-0.05, 0) is 25.7 Å². The van der Waals surface area contributed by atoms with Gasteiger partial charge in [-0.2, -0.15) is 4.98 Å². The molecule has 0 spiro atoms. The summed E-state index contributed by atoms with van der Waals surface area (Å²) in [4.78, 5) is 16.8. The lowest BCUT2D eigenvalue weighted by atomic mass is 9.89. The number of aromatic nitrogens is 7. The largest absolute Gasteiger partial charge is 0.341 e. The quantitative estimate of drug-likeness (QED) is 0.521. The average Bonchev–Trinajstić information content (AvgIpc) is 3.43. The summed E-state index contributed by atoms with van der Waals surface area (Å²) in [7, 11) is 0. The lowest BCUT2D eigenvalue weighted by Crippen LogP contribution is -2.46. The van der Waals surface area contributed by atoms with Crippen LogP contribution in [0.1, 0.15) is 44.5 Å². The maximum absolute atomic E-state index is 5.06. The summed E-state index contributed by atoms with van der Waals surface area (Å²) in [5, 5.41) is 8.61. The van der Waals surface area contributed by atoms with Crippen molar-refractivity contribution in [1.82, 2.24) is 34.3 Å². The van der Waals surface area contributed by atoms with Gasteiger partial charge in [-0.3, -0.25) is 9.13 Å². The van der Waals surface area contributed by atoms with E-state index in [-0.39, 0.29) is 6.04 Å². The van der Waals surface area contributed by atoms with Gasteiger partial charge in [0.25, 0.3) is 0 Å². The van der Waals surface area contributed by atoms with E-state index < -0.39 is 0 Å². The van der Waals surface area contributed by atoms with Crippen molar-refractivity contribution in [3.63, 3.8) is 0 Å². The van der Waals surface area contributed by atoms with Crippen LogP contribution >= 0.6 is 0 Å². The molecular formula is C22H22N8. The molecule has 8 nitrogen and oxygen atoms in total. The van der Waals surface area contributed by atoms with E-state index in [9.17, 15) is 0 Å².